The number of rotatable bonds is 7. The Hall–Kier alpha value is -3.46. The minimum atomic E-state index is -3.89. The summed E-state index contributed by atoms with van der Waals surface area (Å²) in [4.78, 5) is 22.1. The Morgan fingerprint density at radius 2 is 1.50 bits per heavy atom. The van der Waals surface area contributed by atoms with Gasteiger partial charge in [-0.25, -0.2) is 8.42 Å². The molecule has 0 aliphatic heterocycles. The van der Waals surface area contributed by atoms with E-state index in [2.05, 4.69) is 15.3 Å². The second-order valence-electron chi connectivity index (χ2n) is 7.57. The number of hydrogen-bond acceptors (Lipinski definition) is 7. The molecule has 0 spiro atoms. The summed E-state index contributed by atoms with van der Waals surface area (Å²) < 4.78 is 35.7. The predicted octanol–water partition coefficient (Wildman–Crippen LogP) is 3.41. The molecule has 0 radical (unpaired) electrons. The van der Waals surface area contributed by atoms with E-state index in [4.69, 9.17) is 9.47 Å². The van der Waals surface area contributed by atoms with Crippen LogP contribution in [-0.2, 0) is 14.6 Å². The first kappa shape index (κ1) is 21.8. The number of nitrogens with one attached hydrogen (secondary N) is 1. The summed E-state index contributed by atoms with van der Waals surface area (Å²) in [6, 6.07) is 15.7. The van der Waals surface area contributed by atoms with E-state index in [9.17, 15) is 13.2 Å². The normalized spacial score (nSPS) is 14.5. The van der Waals surface area contributed by atoms with Crippen molar-refractivity contribution in [1.82, 2.24) is 9.97 Å². The lowest BCUT2D eigenvalue weighted by Gasteiger charge is -2.19. The zero-order valence-electron chi connectivity index (χ0n) is 18.0. The Bertz CT molecular complexity index is 1230. The van der Waals surface area contributed by atoms with Crippen molar-refractivity contribution in [2.24, 2.45) is 0 Å². The van der Waals surface area contributed by atoms with Crippen LogP contribution < -0.4 is 14.8 Å². The van der Waals surface area contributed by atoms with E-state index in [-0.39, 0.29) is 35.2 Å². The van der Waals surface area contributed by atoms with Gasteiger partial charge in [-0.15, -0.1) is 0 Å². The summed E-state index contributed by atoms with van der Waals surface area (Å²) >= 11 is 0. The molecule has 1 saturated carbocycles. The average Bonchev–Trinajstić information content (AvgIpc) is 3.63. The smallest absolute Gasteiger partial charge is 0.246 e. The number of aryl methyl sites for hydroxylation is 1. The highest BCUT2D eigenvalue weighted by Crippen LogP contribution is 2.48. The molecule has 0 atom stereocenters. The lowest BCUT2D eigenvalue weighted by atomic mass is 10.2. The van der Waals surface area contributed by atoms with Crippen molar-refractivity contribution in [1.29, 1.82) is 0 Å². The van der Waals surface area contributed by atoms with Gasteiger partial charge in [0.25, 0.3) is 0 Å². The summed E-state index contributed by atoms with van der Waals surface area (Å²) in [6.07, 6.45) is 0.450. The first-order valence-electron chi connectivity index (χ1n) is 10.0. The topological polar surface area (TPSA) is 107 Å². The summed E-state index contributed by atoms with van der Waals surface area (Å²) in [5.41, 5.74) is 1.76. The molecule has 0 saturated heterocycles. The third-order valence-electron chi connectivity index (χ3n) is 5.46. The van der Waals surface area contributed by atoms with Crippen LogP contribution in [0.2, 0.25) is 0 Å². The van der Waals surface area contributed by atoms with Crippen molar-refractivity contribution in [3.05, 3.63) is 60.2 Å². The number of carbonyl (C=O) groups is 1. The molecule has 1 aliphatic carbocycles. The van der Waals surface area contributed by atoms with Crippen molar-refractivity contribution in [2.75, 3.05) is 19.5 Å². The lowest BCUT2D eigenvalue weighted by molar-refractivity contribution is -0.116. The van der Waals surface area contributed by atoms with E-state index in [0.29, 0.717) is 5.82 Å². The maximum atomic E-state index is 13.3. The third-order valence-corrected chi connectivity index (χ3v) is 7.98. The summed E-state index contributed by atoms with van der Waals surface area (Å²) in [7, 11) is -1.08. The number of ether oxygens (including phenoxy) is 2. The molecule has 1 N–H and O–H groups in total. The standard InChI is InChI=1S/C23H23N3O5S/c1-15-9-11-17(12-10-15)32(28,29)23(13-14-23)22(27)24-18-20(30-2)25-19(26-21(18)31-3)16-7-5-4-6-8-16/h4-12H,13-14H2,1-3H3,(H,24,27). The van der Waals surface area contributed by atoms with Gasteiger partial charge >= 0.3 is 0 Å². The van der Waals surface area contributed by atoms with Crippen molar-refractivity contribution < 1.29 is 22.7 Å². The number of aromatic nitrogens is 2. The van der Waals surface area contributed by atoms with Gasteiger partial charge < -0.3 is 14.8 Å². The van der Waals surface area contributed by atoms with Crippen LogP contribution in [-0.4, -0.2) is 43.3 Å². The number of hydrogen-bond donors (Lipinski definition) is 1. The minimum absolute atomic E-state index is 0.0765. The number of benzene rings is 2. The number of nitrogens with zero attached hydrogens (tertiary/aromatic N) is 2. The summed E-state index contributed by atoms with van der Waals surface area (Å²) in [5.74, 6) is -0.156. The fourth-order valence-corrected chi connectivity index (χ4v) is 5.32. The highest BCUT2D eigenvalue weighted by Gasteiger charge is 2.61. The Kier molecular flexibility index (Phi) is 5.60. The monoisotopic (exact) mass is 453 g/mol. The largest absolute Gasteiger partial charge is 0.479 e. The van der Waals surface area contributed by atoms with Gasteiger partial charge in [-0.05, 0) is 31.9 Å². The summed E-state index contributed by atoms with van der Waals surface area (Å²) in [5, 5.41) is 2.66. The molecule has 1 aliphatic rings. The number of carbonyl (C=O) groups excluding carboxylic acids is 1. The second-order valence-corrected chi connectivity index (χ2v) is 9.83. The Morgan fingerprint density at radius 3 is 2.00 bits per heavy atom. The maximum Gasteiger partial charge on any atom is 0.246 e. The molecule has 9 heteroatoms. The Labute approximate surface area is 186 Å². The molecule has 1 amide bonds. The van der Waals surface area contributed by atoms with Gasteiger partial charge in [0.05, 0.1) is 19.1 Å². The van der Waals surface area contributed by atoms with Gasteiger partial charge in [0, 0.05) is 5.56 Å². The molecular formula is C23H23N3O5S. The molecule has 1 aromatic heterocycles. The first-order chi connectivity index (χ1) is 15.3. The fraction of sp³-hybridized carbons (Fsp3) is 0.261. The van der Waals surface area contributed by atoms with Crippen LogP contribution in [0.25, 0.3) is 11.4 Å². The van der Waals surface area contributed by atoms with E-state index < -0.39 is 20.5 Å². The van der Waals surface area contributed by atoms with Crippen molar-refractivity contribution in [3.8, 4) is 23.1 Å². The highest BCUT2D eigenvalue weighted by molar-refractivity contribution is 7.94. The van der Waals surface area contributed by atoms with Crippen molar-refractivity contribution >= 4 is 21.4 Å². The van der Waals surface area contributed by atoms with Gasteiger partial charge in [0.1, 0.15) is 0 Å². The van der Waals surface area contributed by atoms with Crippen LogP contribution in [0.1, 0.15) is 18.4 Å². The van der Waals surface area contributed by atoms with Crippen LogP contribution in [0.3, 0.4) is 0 Å². The number of methoxy groups -OCH3 is 2. The predicted molar refractivity (Wildman–Crippen MR) is 120 cm³/mol. The van der Waals surface area contributed by atoms with E-state index >= 15 is 0 Å². The van der Waals surface area contributed by atoms with Gasteiger partial charge in [-0.3, -0.25) is 4.79 Å². The third kappa shape index (κ3) is 3.69. The number of anilines is 1. The molecule has 32 heavy (non-hydrogen) atoms. The van der Waals surface area contributed by atoms with Crippen LogP contribution in [0.4, 0.5) is 5.69 Å². The fourth-order valence-electron chi connectivity index (χ4n) is 3.44. The van der Waals surface area contributed by atoms with Crippen molar-refractivity contribution in [2.45, 2.75) is 29.4 Å². The molecule has 166 valence electrons. The highest BCUT2D eigenvalue weighted by atomic mass is 32.2. The molecule has 2 aromatic carbocycles. The number of sulfone groups is 1. The number of amides is 1. The molecular weight excluding hydrogens is 430 g/mol. The van der Waals surface area contributed by atoms with Gasteiger partial charge in [-0.2, -0.15) is 9.97 Å². The van der Waals surface area contributed by atoms with Crippen LogP contribution in [0, 0.1) is 6.92 Å². The summed E-state index contributed by atoms with van der Waals surface area (Å²) in [6.45, 7) is 1.87. The van der Waals surface area contributed by atoms with Crippen LogP contribution in [0.5, 0.6) is 11.8 Å². The zero-order chi connectivity index (χ0) is 22.9. The quantitative estimate of drug-likeness (QED) is 0.584. The minimum Gasteiger partial charge on any atom is -0.479 e. The van der Waals surface area contributed by atoms with E-state index in [1.54, 1.807) is 12.1 Å². The van der Waals surface area contributed by atoms with Gasteiger partial charge in [-0.1, -0.05) is 48.0 Å². The van der Waals surface area contributed by atoms with Crippen LogP contribution >= 0.6 is 0 Å². The second kappa shape index (κ2) is 8.23. The molecule has 8 nitrogen and oxygen atoms in total. The van der Waals surface area contributed by atoms with E-state index in [1.165, 1.54) is 26.4 Å². The van der Waals surface area contributed by atoms with E-state index in [0.717, 1.165) is 11.1 Å². The molecule has 3 aromatic rings. The Balaban J connectivity index is 1.69. The van der Waals surface area contributed by atoms with Crippen LogP contribution in [0.15, 0.2) is 59.5 Å². The Morgan fingerprint density at radius 1 is 0.938 bits per heavy atom. The molecule has 1 fully saturated rings. The maximum absolute atomic E-state index is 13.3. The first-order valence-corrected chi connectivity index (χ1v) is 11.5. The van der Waals surface area contributed by atoms with Gasteiger partial charge in [0.2, 0.25) is 17.7 Å². The van der Waals surface area contributed by atoms with Gasteiger partial charge in [0.15, 0.2) is 26.1 Å². The SMILES string of the molecule is COc1nc(-c2ccccc2)nc(OC)c1NC(=O)C1(S(=O)(=O)c2ccc(C)cc2)CC1. The molecule has 1 heterocycles. The van der Waals surface area contributed by atoms with E-state index in [1.807, 2.05) is 37.3 Å². The lowest BCUT2D eigenvalue weighted by Crippen LogP contribution is -2.37. The molecule has 0 unspecified atom stereocenters. The van der Waals surface area contributed by atoms with Crippen molar-refractivity contribution in [3.63, 3.8) is 0 Å². The average molecular weight is 454 g/mol. The zero-order valence-corrected chi connectivity index (χ0v) is 18.8. The molecule has 4 rings (SSSR count). The molecule has 0 bridgehead atoms.